The summed E-state index contributed by atoms with van der Waals surface area (Å²) in [6.45, 7) is 2.14. The number of aromatic amines is 1. The summed E-state index contributed by atoms with van der Waals surface area (Å²) in [4.78, 5) is 11.7. The predicted molar refractivity (Wildman–Crippen MR) is 71.4 cm³/mol. The van der Waals surface area contributed by atoms with E-state index >= 15 is 0 Å². The molecule has 5 heteroatoms. The molecule has 1 aromatic heterocycles. The molecule has 5 nitrogen and oxygen atoms in total. The highest BCUT2D eigenvalue weighted by molar-refractivity contribution is 5.78. The summed E-state index contributed by atoms with van der Waals surface area (Å²) in [6, 6.07) is 9.34. The summed E-state index contributed by atoms with van der Waals surface area (Å²) >= 11 is 0. The first-order valence-electron chi connectivity index (χ1n) is 6.15. The van der Waals surface area contributed by atoms with E-state index in [-0.39, 0.29) is 18.9 Å². The summed E-state index contributed by atoms with van der Waals surface area (Å²) < 4.78 is 0. The largest absolute Gasteiger partial charge is 0.387 e. The Balaban J connectivity index is 1.85. The third-order valence-corrected chi connectivity index (χ3v) is 2.95. The van der Waals surface area contributed by atoms with Crippen molar-refractivity contribution in [1.29, 1.82) is 0 Å². The molecule has 0 spiro atoms. The Morgan fingerprint density at radius 2 is 2.21 bits per heavy atom. The fourth-order valence-corrected chi connectivity index (χ4v) is 1.90. The van der Waals surface area contributed by atoms with Gasteiger partial charge in [0.1, 0.15) is 0 Å². The van der Waals surface area contributed by atoms with Crippen molar-refractivity contribution in [2.24, 2.45) is 0 Å². The smallest absolute Gasteiger partial charge is 0.226 e. The normalized spacial score (nSPS) is 12.1. The van der Waals surface area contributed by atoms with Gasteiger partial charge in [-0.05, 0) is 24.1 Å². The Kier molecular flexibility index (Phi) is 4.30. The Hall–Kier alpha value is -2.14. The summed E-state index contributed by atoms with van der Waals surface area (Å²) in [5, 5.41) is 19.2. The van der Waals surface area contributed by atoms with Gasteiger partial charge in [-0.1, -0.05) is 24.3 Å². The number of hydrogen-bond acceptors (Lipinski definition) is 3. The topological polar surface area (TPSA) is 78.0 Å². The minimum absolute atomic E-state index is 0.142. The standard InChI is InChI=1S/C14H17N3O2/c1-10-4-2-3-5-12(10)13(18)9-15-14(19)8-11-6-7-16-17-11/h2-7,13,18H,8-9H2,1H3,(H,15,19)(H,16,17). The molecule has 0 radical (unpaired) electrons. The van der Waals surface area contributed by atoms with Gasteiger partial charge in [0.2, 0.25) is 5.91 Å². The monoisotopic (exact) mass is 259 g/mol. The Labute approximate surface area is 111 Å². The molecule has 3 N–H and O–H groups in total. The van der Waals surface area contributed by atoms with Crippen LogP contribution in [-0.4, -0.2) is 27.8 Å². The maximum Gasteiger partial charge on any atom is 0.226 e. The molecule has 0 aliphatic rings. The van der Waals surface area contributed by atoms with Crippen molar-refractivity contribution in [3.63, 3.8) is 0 Å². The van der Waals surface area contributed by atoms with Crippen molar-refractivity contribution in [3.05, 3.63) is 53.3 Å². The zero-order chi connectivity index (χ0) is 13.7. The minimum Gasteiger partial charge on any atom is -0.387 e. The minimum atomic E-state index is -0.688. The van der Waals surface area contributed by atoms with E-state index < -0.39 is 6.10 Å². The number of aliphatic hydroxyl groups excluding tert-OH is 1. The van der Waals surface area contributed by atoms with Gasteiger partial charge >= 0.3 is 0 Å². The van der Waals surface area contributed by atoms with Crippen LogP contribution in [-0.2, 0) is 11.2 Å². The fraction of sp³-hybridized carbons (Fsp3) is 0.286. The molecule has 0 aliphatic heterocycles. The number of carbonyl (C=O) groups excluding carboxylic acids is 1. The van der Waals surface area contributed by atoms with E-state index in [9.17, 15) is 9.90 Å². The van der Waals surface area contributed by atoms with Crippen LogP contribution in [0.25, 0.3) is 0 Å². The summed E-state index contributed by atoms with van der Waals surface area (Å²) in [7, 11) is 0. The average Bonchev–Trinajstić information content (AvgIpc) is 2.89. The van der Waals surface area contributed by atoms with Crippen LogP contribution in [0, 0.1) is 6.92 Å². The summed E-state index contributed by atoms with van der Waals surface area (Å²) in [6.07, 6.45) is 1.15. The lowest BCUT2D eigenvalue weighted by atomic mass is 10.0. The highest BCUT2D eigenvalue weighted by Gasteiger charge is 2.11. The molecule has 2 aromatic rings. The lowest BCUT2D eigenvalue weighted by Gasteiger charge is -2.14. The number of nitrogens with zero attached hydrogens (tertiary/aromatic N) is 1. The molecule has 1 atom stereocenters. The number of H-pyrrole nitrogens is 1. The van der Waals surface area contributed by atoms with Gasteiger partial charge in [0, 0.05) is 18.4 Å². The van der Waals surface area contributed by atoms with Crippen molar-refractivity contribution in [2.45, 2.75) is 19.4 Å². The molecule has 19 heavy (non-hydrogen) atoms. The van der Waals surface area contributed by atoms with Crippen molar-refractivity contribution in [2.75, 3.05) is 6.54 Å². The molecule has 0 bridgehead atoms. The number of benzene rings is 1. The van der Waals surface area contributed by atoms with Crippen molar-refractivity contribution < 1.29 is 9.90 Å². The average molecular weight is 259 g/mol. The number of aliphatic hydroxyl groups is 1. The molecule has 0 aliphatic carbocycles. The molecule has 0 saturated carbocycles. The number of amides is 1. The molecular weight excluding hydrogens is 242 g/mol. The van der Waals surface area contributed by atoms with Crippen LogP contribution in [0.1, 0.15) is 22.9 Å². The first kappa shape index (κ1) is 13.3. The third kappa shape index (κ3) is 3.66. The number of aromatic nitrogens is 2. The van der Waals surface area contributed by atoms with Crippen LogP contribution in [0.15, 0.2) is 36.5 Å². The predicted octanol–water partition coefficient (Wildman–Crippen LogP) is 1.11. The van der Waals surface area contributed by atoms with E-state index in [0.29, 0.717) is 0 Å². The molecular formula is C14H17N3O2. The van der Waals surface area contributed by atoms with Crippen LogP contribution in [0.4, 0.5) is 0 Å². The Morgan fingerprint density at radius 3 is 2.89 bits per heavy atom. The molecule has 1 unspecified atom stereocenters. The van der Waals surface area contributed by atoms with Crippen molar-refractivity contribution in [3.8, 4) is 0 Å². The second-order valence-electron chi connectivity index (χ2n) is 4.44. The van der Waals surface area contributed by atoms with Crippen LogP contribution in [0.3, 0.4) is 0 Å². The maximum atomic E-state index is 11.7. The highest BCUT2D eigenvalue weighted by Crippen LogP contribution is 2.16. The van der Waals surface area contributed by atoms with Crippen LogP contribution in [0.5, 0.6) is 0 Å². The number of carbonyl (C=O) groups is 1. The molecule has 100 valence electrons. The number of hydrogen-bond donors (Lipinski definition) is 3. The number of aryl methyl sites for hydroxylation is 1. The summed E-state index contributed by atoms with van der Waals surface area (Å²) in [5.41, 5.74) is 2.60. The van der Waals surface area contributed by atoms with Crippen molar-refractivity contribution in [1.82, 2.24) is 15.5 Å². The van der Waals surface area contributed by atoms with Gasteiger partial charge in [0.25, 0.3) is 0 Å². The molecule has 1 heterocycles. The second-order valence-corrected chi connectivity index (χ2v) is 4.44. The third-order valence-electron chi connectivity index (χ3n) is 2.95. The molecule has 1 aromatic carbocycles. The number of rotatable bonds is 5. The van der Waals surface area contributed by atoms with E-state index in [1.807, 2.05) is 31.2 Å². The number of nitrogens with one attached hydrogen (secondary N) is 2. The first-order chi connectivity index (χ1) is 9.16. The van der Waals surface area contributed by atoms with Gasteiger partial charge in [-0.3, -0.25) is 9.89 Å². The van der Waals surface area contributed by atoms with Crippen LogP contribution >= 0.6 is 0 Å². The second kappa shape index (κ2) is 6.15. The van der Waals surface area contributed by atoms with E-state index in [4.69, 9.17) is 0 Å². The van der Waals surface area contributed by atoms with Crippen LogP contribution < -0.4 is 5.32 Å². The van der Waals surface area contributed by atoms with E-state index in [1.165, 1.54) is 0 Å². The van der Waals surface area contributed by atoms with E-state index in [2.05, 4.69) is 15.5 Å². The van der Waals surface area contributed by atoms with Gasteiger partial charge in [-0.2, -0.15) is 5.10 Å². The zero-order valence-electron chi connectivity index (χ0n) is 10.8. The quantitative estimate of drug-likeness (QED) is 0.752. The summed E-state index contributed by atoms with van der Waals surface area (Å²) in [5.74, 6) is -0.142. The Bertz CT molecular complexity index is 537. The highest BCUT2D eigenvalue weighted by atomic mass is 16.3. The van der Waals surface area contributed by atoms with E-state index in [0.717, 1.165) is 16.8 Å². The van der Waals surface area contributed by atoms with Gasteiger partial charge < -0.3 is 10.4 Å². The molecule has 2 rings (SSSR count). The van der Waals surface area contributed by atoms with Gasteiger partial charge in [0.15, 0.2) is 0 Å². The van der Waals surface area contributed by atoms with Crippen LogP contribution in [0.2, 0.25) is 0 Å². The lowest BCUT2D eigenvalue weighted by molar-refractivity contribution is -0.120. The van der Waals surface area contributed by atoms with Crippen molar-refractivity contribution >= 4 is 5.91 Å². The Morgan fingerprint density at radius 1 is 1.42 bits per heavy atom. The lowest BCUT2D eigenvalue weighted by Crippen LogP contribution is -2.30. The zero-order valence-corrected chi connectivity index (χ0v) is 10.8. The van der Waals surface area contributed by atoms with E-state index in [1.54, 1.807) is 12.3 Å². The molecule has 0 fully saturated rings. The molecule has 0 saturated heterocycles. The first-order valence-corrected chi connectivity index (χ1v) is 6.15. The van der Waals surface area contributed by atoms with Gasteiger partial charge in [-0.25, -0.2) is 0 Å². The van der Waals surface area contributed by atoms with Gasteiger partial charge in [-0.15, -0.1) is 0 Å². The SMILES string of the molecule is Cc1ccccc1C(O)CNC(=O)Cc1ccn[nH]1. The van der Waals surface area contributed by atoms with Gasteiger partial charge in [0.05, 0.1) is 12.5 Å². The molecule has 1 amide bonds. The fourth-order valence-electron chi connectivity index (χ4n) is 1.90. The maximum absolute atomic E-state index is 11.7.